The van der Waals surface area contributed by atoms with E-state index < -0.39 is 5.97 Å². The summed E-state index contributed by atoms with van der Waals surface area (Å²) < 4.78 is 0. The predicted octanol–water partition coefficient (Wildman–Crippen LogP) is 1.01. The highest BCUT2D eigenvalue weighted by Gasteiger charge is 2.04. The van der Waals surface area contributed by atoms with Gasteiger partial charge in [-0.25, -0.2) is 4.79 Å². The van der Waals surface area contributed by atoms with Gasteiger partial charge in [0.1, 0.15) is 11.5 Å². The van der Waals surface area contributed by atoms with E-state index >= 15 is 0 Å². The Morgan fingerprint density at radius 2 is 2.29 bits per heavy atom. The van der Waals surface area contributed by atoms with Crippen molar-refractivity contribution in [3.8, 4) is 0 Å². The van der Waals surface area contributed by atoms with Crippen molar-refractivity contribution in [1.29, 1.82) is 0 Å². The van der Waals surface area contributed by atoms with Gasteiger partial charge in [-0.05, 0) is 19.8 Å². The second kappa shape index (κ2) is 5.36. The highest BCUT2D eigenvalue weighted by atomic mass is 16.4. The van der Waals surface area contributed by atoms with Crippen molar-refractivity contribution in [2.24, 2.45) is 10.1 Å². The first-order valence-corrected chi connectivity index (χ1v) is 4.77. The first kappa shape index (κ1) is 10.7. The molecule has 0 amide bonds. The minimum absolute atomic E-state index is 0.0527. The monoisotopic (exact) mass is 197 g/mol. The molecule has 0 unspecified atom stereocenters. The lowest BCUT2D eigenvalue weighted by Gasteiger charge is -2.02. The van der Waals surface area contributed by atoms with Gasteiger partial charge in [0.25, 0.3) is 0 Å². The third-order valence-corrected chi connectivity index (χ3v) is 2.04. The van der Waals surface area contributed by atoms with Crippen LogP contribution in [0.4, 0.5) is 0 Å². The minimum atomic E-state index is -1.01. The highest BCUT2D eigenvalue weighted by molar-refractivity contribution is 6.34. The summed E-state index contributed by atoms with van der Waals surface area (Å²) in [6.45, 7) is 2.26. The summed E-state index contributed by atoms with van der Waals surface area (Å²) in [5.41, 5.74) is 2.75. The van der Waals surface area contributed by atoms with Crippen LogP contribution in [0.3, 0.4) is 0 Å². The van der Waals surface area contributed by atoms with E-state index in [0.717, 1.165) is 31.6 Å². The fourth-order valence-electron chi connectivity index (χ4n) is 1.16. The summed E-state index contributed by atoms with van der Waals surface area (Å²) in [5.74, 6) is -0.213. The molecule has 0 atom stereocenters. The van der Waals surface area contributed by atoms with E-state index in [1.54, 1.807) is 0 Å². The van der Waals surface area contributed by atoms with Crippen LogP contribution in [0, 0.1) is 0 Å². The Bertz CT molecular complexity index is 271. The van der Waals surface area contributed by atoms with Crippen molar-refractivity contribution in [2.75, 3.05) is 6.54 Å². The van der Waals surface area contributed by atoms with Gasteiger partial charge < -0.3 is 5.11 Å². The third-order valence-electron chi connectivity index (χ3n) is 2.04. The Kier molecular flexibility index (Phi) is 4.10. The van der Waals surface area contributed by atoms with E-state index in [-0.39, 0.29) is 5.71 Å². The number of rotatable bonds is 2. The maximum absolute atomic E-state index is 10.4. The molecule has 1 heterocycles. The fraction of sp³-hybridized carbons (Fsp3) is 0.667. The molecule has 0 aromatic carbocycles. The number of amidine groups is 1. The van der Waals surface area contributed by atoms with Crippen LogP contribution in [0.15, 0.2) is 10.1 Å². The summed E-state index contributed by atoms with van der Waals surface area (Å²) in [5, 5.41) is 12.3. The van der Waals surface area contributed by atoms with Gasteiger partial charge in [0, 0.05) is 13.0 Å². The number of hydrogen-bond donors (Lipinski definition) is 2. The number of aliphatic carboxylic acids is 1. The molecule has 0 bridgehead atoms. The molecule has 2 N–H and O–H groups in total. The van der Waals surface area contributed by atoms with Crippen molar-refractivity contribution in [3.63, 3.8) is 0 Å². The van der Waals surface area contributed by atoms with E-state index in [1.807, 2.05) is 0 Å². The van der Waals surface area contributed by atoms with Crippen LogP contribution in [0.5, 0.6) is 0 Å². The van der Waals surface area contributed by atoms with Gasteiger partial charge in [0.05, 0.1) is 0 Å². The van der Waals surface area contributed by atoms with Gasteiger partial charge >= 0.3 is 5.97 Å². The van der Waals surface area contributed by atoms with Crippen LogP contribution in [0.25, 0.3) is 0 Å². The van der Waals surface area contributed by atoms with Gasteiger partial charge in [0.2, 0.25) is 0 Å². The first-order chi connectivity index (χ1) is 6.70. The number of carboxylic acid groups (broad SMARTS) is 1. The molecule has 5 heteroatoms. The van der Waals surface area contributed by atoms with Gasteiger partial charge in [-0.15, -0.1) is 0 Å². The largest absolute Gasteiger partial charge is 0.477 e. The summed E-state index contributed by atoms with van der Waals surface area (Å²) in [4.78, 5) is 14.7. The maximum atomic E-state index is 10.4. The van der Waals surface area contributed by atoms with Gasteiger partial charge in [-0.2, -0.15) is 5.10 Å². The molecule has 0 spiro atoms. The SMILES string of the molecule is C/C(=N\NC1=NCCCCC1)C(=O)O. The highest BCUT2D eigenvalue weighted by Crippen LogP contribution is 2.05. The zero-order chi connectivity index (χ0) is 10.4. The Morgan fingerprint density at radius 3 is 3.00 bits per heavy atom. The molecule has 0 fully saturated rings. The molecule has 0 saturated heterocycles. The molecule has 78 valence electrons. The number of hydrogen-bond acceptors (Lipinski definition) is 4. The third kappa shape index (κ3) is 3.55. The number of aliphatic imine (C=N–C) groups is 1. The number of nitrogens with zero attached hydrogens (tertiary/aromatic N) is 2. The van der Waals surface area contributed by atoms with Gasteiger partial charge in [-0.3, -0.25) is 10.4 Å². The number of carbonyl (C=O) groups is 1. The summed E-state index contributed by atoms with van der Waals surface area (Å²) in [7, 11) is 0. The smallest absolute Gasteiger partial charge is 0.351 e. The molecular weight excluding hydrogens is 182 g/mol. The van der Waals surface area contributed by atoms with E-state index in [4.69, 9.17) is 5.11 Å². The van der Waals surface area contributed by atoms with Crippen molar-refractivity contribution >= 4 is 17.5 Å². The van der Waals surface area contributed by atoms with E-state index in [0.29, 0.717) is 0 Å². The Balaban J connectivity index is 2.47. The van der Waals surface area contributed by atoms with Crippen molar-refractivity contribution in [1.82, 2.24) is 5.43 Å². The second-order valence-corrected chi connectivity index (χ2v) is 3.25. The molecule has 1 aliphatic heterocycles. The molecular formula is C9H15N3O2. The standard InChI is InChI=1S/C9H15N3O2/c1-7(9(13)14)11-12-8-5-3-2-4-6-10-8/h2-6H2,1H3,(H,10,12)(H,13,14)/b11-7+. The number of hydrazone groups is 1. The van der Waals surface area contributed by atoms with E-state index in [1.165, 1.54) is 13.3 Å². The Hall–Kier alpha value is -1.39. The molecule has 0 radical (unpaired) electrons. The quantitative estimate of drug-likeness (QED) is 0.512. The predicted molar refractivity (Wildman–Crippen MR) is 54.7 cm³/mol. The average molecular weight is 197 g/mol. The van der Waals surface area contributed by atoms with Crippen molar-refractivity contribution in [3.05, 3.63) is 0 Å². The van der Waals surface area contributed by atoms with Crippen LogP contribution in [0.1, 0.15) is 32.6 Å². The second-order valence-electron chi connectivity index (χ2n) is 3.25. The summed E-state index contributed by atoms with van der Waals surface area (Å²) >= 11 is 0. The van der Waals surface area contributed by atoms with Crippen LogP contribution in [0.2, 0.25) is 0 Å². The van der Waals surface area contributed by atoms with Crippen LogP contribution < -0.4 is 5.43 Å². The van der Waals surface area contributed by atoms with Crippen LogP contribution in [-0.2, 0) is 4.79 Å². The zero-order valence-electron chi connectivity index (χ0n) is 8.29. The lowest BCUT2D eigenvalue weighted by atomic mass is 10.2. The zero-order valence-corrected chi connectivity index (χ0v) is 8.29. The molecule has 0 aliphatic carbocycles. The molecule has 1 rings (SSSR count). The number of carboxylic acids is 1. The van der Waals surface area contributed by atoms with E-state index in [2.05, 4.69) is 15.5 Å². The van der Waals surface area contributed by atoms with Gasteiger partial charge in [0.15, 0.2) is 0 Å². The average Bonchev–Trinajstić information content (AvgIpc) is 2.42. The van der Waals surface area contributed by atoms with Crippen molar-refractivity contribution in [2.45, 2.75) is 32.6 Å². The van der Waals surface area contributed by atoms with E-state index in [9.17, 15) is 4.79 Å². The molecule has 0 aromatic rings. The molecule has 14 heavy (non-hydrogen) atoms. The van der Waals surface area contributed by atoms with Crippen LogP contribution in [-0.4, -0.2) is 29.2 Å². The number of nitrogens with one attached hydrogen (secondary N) is 1. The van der Waals surface area contributed by atoms with Crippen molar-refractivity contribution < 1.29 is 9.90 Å². The molecule has 1 aliphatic rings. The molecule has 5 nitrogen and oxygen atoms in total. The fourth-order valence-corrected chi connectivity index (χ4v) is 1.16. The summed E-state index contributed by atoms with van der Waals surface area (Å²) in [6, 6.07) is 0. The lowest BCUT2D eigenvalue weighted by Crippen LogP contribution is -2.21. The first-order valence-electron chi connectivity index (χ1n) is 4.77. The molecule has 0 saturated carbocycles. The Labute approximate surface area is 82.9 Å². The lowest BCUT2D eigenvalue weighted by molar-refractivity contribution is -0.129. The Morgan fingerprint density at radius 1 is 1.50 bits per heavy atom. The normalized spacial score (nSPS) is 18.4. The molecule has 0 aromatic heterocycles. The maximum Gasteiger partial charge on any atom is 0.351 e. The topological polar surface area (TPSA) is 74.0 Å². The van der Waals surface area contributed by atoms with Gasteiger partial charge in [-0.1, -0.05) is 6.42 Å². The minimum Gasteiger partial charge on any atom is -0.477 e. The summed E-state index contributed by atoms with van der Waals surface area (Å²) in [6.07, 6.45) is 4.23. The van der Waals surface area contributed by atoms with Crippen LogP contribution >= 0.6 is 0 Å².